The molecule has 0 aliphatic heterocycles. The third-order valence-electron chi connectivity index (χ3n) is 6.12. The first-order valence-electron chi connectivity index (χ1n) is 12.1. The molecule has 0 bridgehead atoms. The number of aromatic nitrogens is 2. The van der Waals surface area contributed by atoms with Crippen molar-refractivity contribution in [3.05, 3.63) is 77.4 Å². The smallest absolute Gasteiger partial charge is 0.167 e. The van der Waals surface area contributed by atoms with Crippen LogP contribution >= 0.6 is 0 Å². The number of para-hydroxylation sites is 1. The topological polar surface area (TPSA) is 91.8 Å². The summed E-state index contributed by atoms with van der Waals surface area (Å²) >= 11 is 0. The standard InChI is InChI=1S/C28H31FN4O2SSi/c1-28(2,3)36(34)33-22(16-23-26(29)25(37(4,5)6)15-18(17-30)31-23)19-11-7-8-12-20(19)27-21-13-9-10-14-24(21)35-32-27/h7-15,22,33H,16H2,1-6H3/t22-,36-/m0/s1. The Kier molecular flexibility index (Phi) is 7.47. The average Bonchev–Trinajstić information content (AvgIpc) is 3.27. The Morgan fingerprint density at radius 2 is 1.81 bits per heavy atom. The predicted molar refractivity (Wildman–Crippen MR) is 149 cm³/mol. The van der Waals surface area contributed by atoms with Gasteiger partial charge in [-0.15, -0.1) is 0 Å². The van der Waals surface area contributed by atoms with Gasteiger partial charge in [-0.25, -0.2) is 18.3 Å². The minimum Gasteiger partial charge on any atom is -0.356 e. The van der Waals surface area contributed by atoms with E-state index in [1.165, 1.54) is 0 Å². The number of halogens is 1. The molecule has 6 nitrogen and oxygen atoms in total. The Morgan fingerprint density at radius 3 is 2.49 bits per heavy atom. The largest absolute Gasteiger partial charge is 0.356 e. The van der Waals surface area contributed by atoms with E-state index in [2.05, 4.69) is 20.9 Å². The van der Waals surface area contributed by atoms with E-state index in [0.717, 1.165) is 16.5 Å². The Morgan fingerprint density at radius 1 is 1.14 bits per heavy atom. The summed E-state index contributed by atoms with van der Waals surface area (Å²) in [6.07, 6.45) is 0.105. The van der Waals surface area contributed by atoms with Crippen LogP contribution in [0.2, 0.25) is 19.6 Å². The first kappa shape index (κ1) is 26.9. The molecule has 37 heavy (non-hydrogen) atoms. The molecule has 0 aliphatic carbocycles. The SMILES string of the molecule is CC(C)(C)[S@](=O)N[C@@H](Cc1nc(C#N)cc([Si](C)(C)C)c1F)c1ccccc1-c1noc2ccccc12. The molecule has 4 rings (SSSR count). The fourth-order valence-electron chi connectivity index (χ4n) is 4.13. The summed E-state index contributed by atoms with van der Waals surface area (Å²) in [6.45, 7) is 11.7. The van der Waals surface area contributed by atoms with Gasteiger partial charge in [-0.05, 0) is 49.7 Å². The van der Waals surface area contributed by atoms with Crippen LogP contribution in [0.5, 0.6) is 0 Å². The maximum atomic E-state index is 15.8. The summed E-state index contributed by atoms with van der Waals surface area (Å²) in [5.74, 6) is -0.393. The molecule has 2 heterocycles. The lowest BCUT2D eigenvalue weighted by Crippen LogP contribution is -2.42. The molecule has 0 radical (unpaired) electrons. The van der Waals surface area contributed by atoms with Crippen molar-refractivity contribution in [1.29, 1.82) is 5.26 Å². The summed E-state index contributed by atoms with van der Waals surface area (Å²) in [7, 11) is -3.56. The van der Waals surface area contributed by atoms with Crippen molar-refractivity contribution in [2.75, 3.05) is 0 Å². The zero-order chi connectivity index (χ0) is 27.0. The molecule has 0 spiro atoms. The quantitative estimate of drug-likeness (QED) is 0.303. The molecule has 2 atom stereocenters. The molecule has 0 amide bonds. The number of nitrogens with zero attached hydrogens (tertiary/aromatic N) is 3. The molecule has 0 fully saturated rings. The van der Waals surface area contributed by atoms with Gasteiger partial charge in [0.25, 0.3) is 0 Å². The monoisotopic (exact) mass is 534 g/mol. The van der Waals surface area contributed by atoms with Crippen LogP contribution in [0, 0.1) is 17.1 Å². The fraction of sp³-hybridized carbons (Fsp3) is 0.321. The second kappa shape index (κ2) is 10.3. The van der Waals surface area contributed by atoms with Crippen molar-refractivity contribution >= 4 is 35.2 Å². The molecule has 2 aromatic carbocycles. The van der Waals surface area contributed by atoms with E-state index in [0.29, 0.717) is 16.5 Å². The van der Waals surface area contributed by atoms with Gasteiger partial charge < -0.3 is 4.52 Å². The third kappa shape index (κ3) is 5.72. The minimum absolute atomic E-state index is 0.105. The average molecular weight is 535 g/mol. The fourth-order valence-corrected chi connectivity index (χ4v) is 6.33. The van der Waals surface area contributed by atoms with Gasteiger partial charge in [0.2, 0.25) is 0 Å². The van der Waals surface area contributed by atoms with Crippen molar-refractivity contribution in [3.8, 4) is 17.3 Å². The summed E-state index contributed by atoms with van der Waals surface area (Å²) in [5.41, 5.74) is 3.25. The van der Waals surface area contributed by atoms with Crippen LogP contribution in [0.4, 0.5) is 4.39 Å². The van der Waals surface area contributed by atoms with Crippen LogP contribution in [-0.4, -0.2) is 27.2 Å². The zero-order valence-electron chi connectivity index (χ0n) is 21.9. The maximum Gasteiger partial charge on any atom is 0.167 e. The summed E-state index contributed by atoms with van der Waals surface area (Å²) in [5, 5.41) is 15.3. The van der Waals surface area contributed by atoms with Gasteiger partial charge in [0.1, 0.15) is 23.3 Å². The number of hydrogen-bond donors (Lipinski definition) is 1. The Labute approximate surface area is 220 Å². The Hall–Kier alpha value is -3.19. The second-order valence-electron chi connectivity index (χ2n) is 11.0. The highest BCUT2D eigenvalue weighted by molar-refractivity contribution is 7.84. The predicted octanol–water partition coefficient (Wildman–Crippen LogP) is 5.78. The van der Waals surface area contributed by atoms with Gasteiger partial charge in [0, 0.05) is 17.4 Å². The van der Waals surface area contributed by atoms with E-state index >= 15 is 4.39 Å². The summed E-state index contributed by atoms with van der Waals surface area (Å²) < 4.78 is 37.4. The van der Waals surface area contributed by atoms with Gasteiger partial charge in [0.05, 0.1) is 35.5 Å². The van der Waals surface area contributed by atoms with E-state index in [9.17, 15) is 9.47 Å². The van der Waals surface area contributed by atoms with Crippen LogP contribution in [0.25, 0.3) is 22.2 Å². The van der Waals surface area contributed by atoms with Gasteiger partial charge in [-0.2, -0.15) is 5.26 Å². The first-order valence-corrected chi connectivity index (χ1v) is 16.8. The number of benzene rings is 2. The molecular weight excluding hydrogens is 503 g/mol. The number of nitrogens with one attached hydrogen (secondary N) is 1. The molecular formula is C28H31FN4O2SSi. The zero-order valence-corrected chi connectivity index (χ0v) is 23.7. The van der Waals surface area contributed by atoms with Crippen molar-refractivity contribution < 1.29 is 13.1 Å². The van der Waals surface area contributed by atoms with E-state index in [1.807, 2.05) is 88.9 Å². The van der Waals surface area contributed by atoms with E-state index in [4.69, 9.17) is 4.52 Å². The van der Waals surface area contributed by atoms with Crippen molar-refractivity contribution in [3.63, 3.8) is 0 Å². The Balaban J connectivity index is 1.88. The molecule has 2 aromatic heterocycles. The molecule has 0 saturated carbocycles. The lowest BCUT2D eigenvalue weighted by Gasteiger charge is -2.27. The molecule has 0 saturated heterocycles. The third-order valence-corrected chi connectivity index (χ3v) is 9.71. The van der Waals surface area contributed by atoms with Gasteiger partial charge >= 0.3 is 0 Å². The van der Waals surface area contributed by atoms with Crippen molar-refractivity contribution in [2.45, 2.75) is 57.6 Å². The lowest BCUT2D eigenvalue weighted by molar-refractivity contribution is 0.459. The highest BCUT2D eigenvalue weighted by Crippen LogP contribution is 2.35. The normalized spacial score (nSPS) is 13.9. The number of rotatable bonds is 7. The van der Waals surface area contributed by atoms with Crippen LogP contribution in [-0.2, 0) is 17.4 Å². The summed E-state index contributed by atoms with van der Waals surface area (Å²) in [4.78, 5) is 4.36. The first-order chi connectivity index (χ1) is 17.4. The minimum atomic E-state index is -2.10. The number of pyridine rings is 1. The van der Waals surface area contributed by atoms with Crippen LogP contribution in [0.15, 0.2) is 59.1 Å². The van der Waals surface area contributed by atoms with Gasteiger partial charge in [0.15, 0.2) is 5.58 Å². The molecule has 1 N–H and O–H groups in total. The molecule has 9 heteroatoms. The lowest BCUT2D eigenvalue weighted by atomic mass is 9.94. The number of fused-ring (bicyclic) bond motifs is 1. The second-order valence-corrected chi connectivity index (χ2v) is 18.1. The van der Waals surface area contributed by atoms with E-state index < -0.39 is 35.7 Å². The van der Waals surface area contributed by atoms with Crippen molar-refractivity contribution in [1.82, 2.24) is 14.9 Å². The van der Waals surface area contributed by atoms with E-state index in [1.54, 1.807) is 6.07 Å². The summed E-state index contributed by atoms with van der Waals surface area (Å²) in [6, 6.07) is 18.3. The van der Waals surface area contributed by atoms with Gasteiger partial charge in [-0.3, -0.25) is 0 Å². The maximum absolute atomic E-state index is 15.8. The van der Waals surface area contributed by atoms with Crippen LogP contribution in [0.3, 0.4) is 0 Å². The highest BCUT2D eigenvalue weighted by Gasteiger charge is 2.30. The number of hydrogen-bond acceptors (Lipinski definition) is 5. The van der Waals surface area contributed by atoms with E-state index in [-0.39, 0.29) is 17.8 Å². The van der Waals surface area contributed by atoms with Crippen molar-refractivity contribution in [2.24, 2.45) is 0 Å². The molecule has 0 unspecified atom stereocenters. The molecule has 192 valence electrons. The molecule has 0 aliphatic rings. The molecule has 4 aromatic rings. The highest BCUT2D eigenvalue weighted by atomic mass is 32.2. The number of nitriles is 1. The van der Waals surface area contributed by atoms with Crippen LogP contribution < -0.4 is 9.91 Å². The van der Waals surface area contributed by atoms with Gasteiger partial charge in [-0.1, -0.05) is 61.2 Å². The Bertz CT molecular complexity index is 1520. The van der Waals surface area contributed by atoms with Crippen LogP contribution in [0.1, 0.15) is 43.8 Å².